The minimum absolute atomic E-state index is 0.152. The summed E-state index contributed by atoms with van der Waals surface area (Å²) in [5, 5.41) is 13.9. The lowest BCUT2D eigenvalue weighted by atomic mass is 10.2. The first-order chi connectivity index (χ1) is 12.9. The fourth-order valence-corrected chi connectivity index (χ4v) is 5.23. The summed E-state index contributed by atoms with van der Waals surface area (Å²) >= 11 is 3.51. The average Bonchev–Trinajstić information content (AvgIpc) is 3.24. The molecule has 0 bridgehead atoms. The van der Waals surface area contributed by atoms with E-state index in [1.54, 1.807) is 36.5 Å². The summed E-state index contributed by atoms with van der Waals surface area (Å²) in [6.07, 6.45) is 5.18. The first-order valence-electron chi connectivity index (χ1n) is 8.78. The molecule has 0 aliphatic heterocycles. The van der Waals surface area contributed by atoms with Gasteiger partial charge < -0.3 is 10.4 Å². The van der Waals surface area contributed by atoms with Gasteiger partial charge in [-0.2, -0.15) is 0 Å². The lowest BCUT2D eigenvalue weighted by molar-refractivity contribution is 0.182. The van der Waals surface area contributed by atoms with Crippen molar-refractivity contribution in [3.05, 3.63) is 52.8 Å². The number of anilines is 1. The molecule has 6 nitrogen and oxygen atoms in total. The Bertz CT molecular complexity index is 1090. The number of halogens is 1. The Kier molecular flexibility index (Phi) is 4.73. The molecule has 0 amide bonds. The van der Waals surface area contributed by atoms with Gasteiger partial charge in [0.2, 0.25) is 0 Å². The van der Waals surface area contributed by atoms with Crippen molar-refractivity contribution in [1.82, 2.24) is 8.96 Å². The molecule has 2 atom stereocenters. The predicted octanol–water partition coefficient (Wildman–Crippen LogP) is 3.67. The first-order valence-corrected chi connectivity index (χ1v) is 11.0. The summed E-state index contributed by atoms with van der Waals surface area (Å²) in [6.45, 7) is 1.92. The van der Waals surface area contributed by atoms with E-state index in [0.29, 0.717) is 12.1 Å². The second-order valence-corrected chi connectivity index (χ2v) is 9.63. The normalized spacial score (nSPS) is 20.3. The molecule has 0 unspecified atom stereocenters. The zero-order valence-electron chi connectivity index (χ0n) is 14.8. The molecule has 1 saturated carbocycles. The molecule has 1 aliphatic carbocycles. The number of nitrogens with zero attached hydrogens (tertiary/aromatic N) is 2. The van der Waals surface area contributed by atoms with Crippen LogP contribution in [0.25, 0.3) is 11.0 Å². The Morgan fingerprint density at radius 2 is 1.96 bits per heavy atom. The van der Waals surface area contributed by atoms with Gasteiger partial charge >= 0.3 is 0 Å². The Labute approximate surface area is 166 Å². The monoisotopic (exact) mass is 449 g/mol. The van der Waals surface area contributed by atoms with Crippen molar-refractivity contribution < 1.29 is 13.5 Å². The van der Waals surface area contributed by atoms with E-state index in [1.807, 2.05) is 6.92 Å². The standard InChI is InChI=1S/C19H20BrN3O3S/c1-12-2-6-15(7-3-12)27(25,26)23-9-8-16-18(17(20)11-21-19(16)23)22-13-4-5-14(24)10-13/h2-3,6-9,11,13-14,24H,4-5,10H2,1H3,(H,21,22)/t13-,14+/m1/s1. The quantitative estimate of drug-likeness (QED) is 0.634. The van der Waals surface area contributed by atoms with Crippen LogP contribution in [-0.2, 0) is 10.0 Å². The third-order valence-corrected chi connectivity index (χ3v) is 7.25. The van der Waals surface area contributed by atoms with Gasteiger partial charge in [0, 0.05) is 23.8 Å². The molecular formula is C19H20BrN3O3S. The minimum Gasteiger partial charge on any atom is -0.393 e. The molecule has 0 radical (unpaired) electrons. The molecule has 142 valence electrons. The van der Waals surface area contributed by atoms with Gasteiger partial charge in [0.25, 0.3) is 10.0 Å². The largest absolute Gasteiger partial charge is 0.393 e. The van der Waals surface area contributed by atoms with E-state index in [0.717, 1.165) is 34.0 Å². The van der Waals surface area contributed by atoms with Crippen LogP contribution in [0.2, 0.25) is 0 Å². The maximum Gasteiger partial charge on any atom is 0.269 e. The molecule has 4 rings (SSSR count). The fraction of sp³-hybridized carbons (Fsp3) is 0.316. The van der Waals surface area contributed by atoms with Crippen LogP contribution in [0.3, 0.4) is 0 Å². The number of hydrogen-bond donors (Lipinski definition) is 2. The molecule has 0 saturated heterocycles. The van der Waals surface area contributed by atoms with Crippen molar-refractivity contribution in [2.75, 3.05) is 5.32 Å². The maximum atomic E-state index is 13.1. The van der Waals surface area contributed by atoms with Crippen LogP contribution < -0.4 is 5.32 Å². The van der Waals surface area contributed by atoms with E-state index < -0.39 is 10.0 Å². The summed E-state index contributed by atoms with van der Waals surface area (Å²) in [5.41, 5.74) is 2.18. The third-order valence-electron chi connectivity index (χ3n) is 4.97. The van der Waals surface area contributed by atoms with E-state index in [4.69, 9.17) is 0 Å². The number of fused-ring (bicyclic) bond motifs is 1. The fourth-order valence-electron chi connectivity index (χ4n) is 3.50. The average molecular weight is 450 g/mol. The number of aromatic nitrogens is 2. The van der Waals surface area contributed by atoms with Crippen LogP contribution in [0.15, 0.2) is 52.1 Å². The van der Waals surface area contributed by atoms with Crippen LogP contribution >= 0.6 is 15.9 Å². The Morgan fingerprint density at radius 3 is 2.63 bits per heavy atom. The summed E-state index contributed by atoms with van der Waals surface area (Å²) in [4.78, 5) is 4.57. The number of aryl methyl sites for hydroxylation is 1. The van der Waals surface area contributed by atoms with Crippen molar-refractivity contribution in [3.8, 4) is 0 Å². The molecule has 27 heavy (non-hydrogen) atoms. The Balaban J connectivity index is 1.78. The van der Waals surface area contributed by atoms with Gasteiger partial charge in [0.15, 0.2) is 5.65 Å². The second kappa shape index (κ2) is 6.92. The SMILES string of the molecule is Cc1ccc(S(=O)(=O)n2ccc3c(N[C@@H]4CC[C@H](O)C4)c(Br)cnc32)cc1. The number of aliphatic hydroxyl groups excluding tert-OH is 1. The van der Waals surface area contributed by atoms with Gasteiger partial charge in [0.05, 0.1) is 21.2 Å². The van der Waals surface area contributed by atoms with Gasteiger partial charge in [0.1, 0.15) is 0 Å². The number of nitrogens with one attached hydrogen (secondary N) is 1. The van der Waals surface area contributed by atoms with Crippen molar-refractivity contribution >= 4 is 42.7 Å². The van der Waals surface area contributed by atoms with Crippen molar-refractivity contribution in [2.45, 2.75) is 43.2 Å². The minimum atomic E-state index is -3.73. The smallest absolute Gasteiger partial charge is 0.269 e. The Morgan fingerprint density at radius 1 is 1.22 bits per heavy atom. The van der Waals surface area contributed by atoms with Gasteiger partial charge in [-0.1, -0.05) is 17.7 Å². The van der Waals surface area contributed by atoms with Crippen molar-refractivity contribution in [1.29, 1.82) is 0 Å². The van der Waals surface area contributed by atoms with Crippen LogP contribution in [0.5, 0.6) is 0 Å². The molecule has 2 heterocycles. The number of rotatable bonds is 4. The van der Waals surface area contributed by atoms with Gasteiger partial charge in [-0.3, -0.25) is 0 Å². The molecule has 1 aliphatic rings. The molecule has 8 heteroatoms. The summed E-state index contributed by atoms with van der Waals surface area (Å²) in [6, 6.07) is 8.68. The van der Waals surface area contributed by atoms with E-state index in [1.165, 1.54) is 10.2 Å². The molecule has 2 aromatic heterocycles. The van der Waals surface area contributed by atoms with Crippen LogP contribution in [0.1, 0.15) is 24.8 Å². The summed E-state index contributed by atoms with van der Waals surface area (Å²) in [5.74, 6) is 0. The molecule has 1 aromatic carbocycles. The molecule has 1 fully saturated rings. The topological polar surface area (TPSA) is 84.2 Å². The zero-order chi connectivity index (χ0) is 19.2. The lowest BCUT2D eigenvalue weighted by Crippen LogP contribution is -2.17. The molecule has 3 aromatic rings. The van der Waals surface area contributed by atoms with Gasteiger partial charge in [-0.15, -0.1) is 0 Å². The van der Waals surface area contributed by atoms with E-state index in [9.17, 15) is 13.5 Å². The lowest BCUT2D eigenvalue weighted by Gasteiger charge is -2.16. The highest BCUT2D eigenvalue weighted by Gasteiger charge is 2.25. The predicted molar refractivity (Wildman–Crippen MR) is 108 cm³/mol. The number of benzene rings is 1. The van der Waals surface area contributed by atoms with Crippen molar-refractivity contribution in [2.24, 2.45) is 0 Å². The Hall–Kier alpha value is -1.90. The van der Waals surface area contributed by atoms with Crippen molar-refractivity contribution in [3.63, 3.8) is 0 Å². The number of pyridine rings is 1. The van der Waals surface area contributed by atoms with Gasteiger partial charge in [-0.05, 0) is 60.3 Å². The molecular weight excluding hydrogens is 430 g/mol. The van der Waals surface area contributed by atoms with E-state index in [2.05, 4.69) is 26.2 Å². The third kappa shape index (κ3) is 3.37. The molecule has 2 N–H and O–H groups in total. The van der Waals surface area contributed by atoms with Crippen LogP contribution in [-0.4, -0.2) is 34.6 Å². The highest BCUT2D eigenvalue weighted by molar-refractivity contribution is 9.10. The van der Waals surface area contributed by atoms with Gasteiger partial charge in [-0.25, -0.2) is 17.4 Å². The molecule has 0 spiro atoms. The summed E-state index contributed by atoms with van der Waals surface area (Å²) in [7, 11) is -3.73. The maximum absolute atomic E-state index is 13.1. The van der Waals surface area contributed by atoms with E-state index >= 15 is 0 Å². The summed E-state index contributed by atoms with van der Waals surface area (Å²) < 4.78 is 28.1. The van der Waals surface area contributed by atoms with Crippen LogP contribution in [0, 0.1) is 6.92 Å². The van der Waals surface area contributed by atoms with Crippen LogP contribution in [0.4, 0.5) is 5.69 Å². The highest BCUT2D eigenvalue weighted by atomic mass is 79.9. The number of aliphatic hydroxyl groups is 1. The second-order valence-electron chi connectivity index (χ2n) is 6.96. The van der Waals surface area contributed by atoms with E-state index in [-0.39, 0.29) is 17.0 Å². The highest BCUT2D eigenvalue weighted by Crippen LogP contribution is 2.34. The number of hydrogen-bond acceptors (Lipinski definition) is 5. The zero-order valence-corrected chi connectivity index (χ0v) is 17.2. The first kappa shape index (κ1) is 18.5.